The van der Waals surface area contributed by atoms with Gasteiger partial charge in [0.2, 0.25) is 0 Å². The minimum atomic E-state index is 0.484. The molecule has 14 aromatic carbocycles. The molecule has 516 valence electrons. The van der Waals surface area contributed by atoms with E-state index in [9.17, 15) is 0 Å². The Morgan fingerprint density at radius 2 is 0.624 bits per heavy atom. The molecule has 0 N–H and O–H groups in total. The van der Waals surface area contributed by atoms with Gasteiger partial charge in [0.05, 0.1) is 31.2 Å². The second-order valence-electron chi connectivity index (χ2n) is 26.1. The summed E-state index contributed by atoms with van der Waals surface area (Å²) in [7, 11) is 0. The first-order valence-corrected chi connectivity index (χ1v) is 39.7. The maximum absolute atomic E-state index is 6.75. The van der Waals surface area contributed by atoms with Crippen LogP contribution in [0.3, 0.4) is 0 Å². The Kier molecular flexibility index (Phi) is 17.0. The lowest BCUT2D eigenvalue weighted by atomic mass is 10.00. The first kappa shape index (κ1) is 66.7. The highest BCUT2D eigenvalue weighted by molar-refractivity contribution is 7.27. The number of nitrogens with zero attached hydrogens (tertiary/aromatic N) is 8. The Hall–Kier alpha value is -11.7. The van der Waals surface area contributed by atoms with E-state index in [-0.39, 0.29) is 0 Å². The van der Waals surface area contributed by atoms with Gasteiger partial charge < -0.3 is 4.42 Å². The Bertz CT molecular complexity index is 7580. The van der Waals surface area contributed by atoms with Crippen molar-refractivity contribution >= 4 is 238 Å². The van der Waals surface area contributed by atoms with Gasteiger partial charge in [-0.25, -0.2) is 39.9 Å². The quantitative estimate of drug-likeness (QED) is 0.155. The smallest absolute Gasteiger partial charge is 0.162 e. The molecule has 0 aliphatic heterocycles. The van der Waals surface area contributed by atoms with Crippen molar-refractivity contribution in [2.75, 3.05) is 0 Å². The van der Waals surface area contributed by atoms with E-state index in [0.29, 0.717) is 43.9 Å². The van der Waals surface area contributed by atoms with Crippen molar-refractivity contribution in [2.24, 2.45) is 0 Å². The molecule has 9 nitrogen and oxygen atoms in total. The highest BCUT2D eigenvalue weighted by atomic mass is 35.5. The number of furan rings is 1. The van der Waals surface area contributed by atoms with E-state index in [0.717, 1.165) is 117 Å². The second-order valence-corrected chi connectivity index (χ2v) is 31.7. The molecule has 9 heterocycles. The lowest BCUT2D eigenvalue weighted by molar-refractivity contribution is 0.669. The normalized spacial score (nSPS) is 11.7. The van der Waals surface area contributed by atoms with Gasteiger partial charge in [-0.15, -0.1) is 45.3 Å². The Labute approximate surface area is 657 Å². The van der Waals surface area contributed by atoms with Crippen LogP contribution in [0.5, 0.6) is 0 Å². The van der Waals surface area contributed by atoms with Gasteiger partial charge in [0.15, 0.2) is 33.6 Å². The van der Waals surface area contributed by atoms with Crippen LogP contribution in [-0.2, 0) is 0 Å². The van der Waals surface area contributed by atoms with E-state index < -0.39 is 0 Å². The van der Waals surface area contributed by atoms with Gasteiger partial charge in [-0.2, -0.15) is 0 Å². The molecule has 0 unspecified atom stereocenters. The van der Waals surface area contributed by atoms with Crippen LogP contribution in [0.2, 0.25) is 20.6 Å². The maximum atomic E-state index is 6.75. The lowest BCUT2D eigenvalue weighted by Gasteiger charge is -2.07. The summed E-state index contributed by atoms with van der Waals surface area (Å²) in [6, 6.07) is 104. The Morgan fingerprint density at radius 3 is 1.26 bits per heavy atom. The largest absolute Gasteiger partial charge is 0.456 e. The summed E-state index contributed by atoms with van der Waals surface area (Å²) in [5.74, 6) is 2.62. The van der Waals surface area contributed by atoms with E-state index in [4.69, 9.17) is 70.8 Å². The summed E-state index contributed by atoms with van der Waals surface area (Å²) in [4.78, 5) is 39.6. The summed E-state index contributed by atoms with van der Waals surface area (Å²) >= 11 is 32.9. The highest BCUT2D eigenvalue weighted by Gasteiger charge is 2.22. The molecule has 0 spiro atoms. The molecule has 9 aromatic heterocycles. The summed E-state index contributed by atoms with van der Waals surface area (Å²) in [5.41, 5.74) is 9.81. The first-order chi connectivity index (χ1) is 53.6. The van der Waals surface area contributed by atoms with Crippen molar-refractivity contribution in [3.63, 3.8) is 0 Å². The van der Waals surface area contributed by atoms with E-state index >= 15 is 0 Å². The maximum Gasteiger partial charge on any atom is 0.162 e. The van der Waals surface area contributed by atoms with E-state index in [1.165, 1.54) is 62.9 Å². The zero-order valence-corrected chi connectivity index (χ0v) is 63.3. The number of rotatable bonds is 5. The Morgan fingerprint density at radius 1 is 0.220 bits per heavy atom. The molecule has 109 heavy (non-hydrogen) atoms. The number of benzene rings is 14. The molecular weight excluding hydrogens is 1500 g/mol. The van der Waals surface area contributed by atoms with Gasteiger partial charge in [0.1, 0.15) is 31.1 Å². The predicted molar refractivity (Wildman–Crippen MR) is 464 cm³/mol. The Balaban J connectivity index is 0.0000000974. The summed E-state index contributed by atoms with van der Waals surface area (Å²) < 4.78 is 12.7. The van der Waals surface area contributed by atoms with E-state index in [2.05, 4.69) is 208 Å². The van der Waals surface area contributed by atoms with Crippen LogP contribution in [0.1, 0.15) is 0 Å². The van der Waals surface area contributed by atoms with Gasteiger partial charge >= 0.3 is 0 Å². The topological polar surface area (TPSA) is 116 Å². The van der Waals surface area contributed by atoms with E-state index in [1.54, 1.807) is 45.3 Å². The molecule has 0 saturated carbocycles. The number of halogens is 4. The molecular formula is C92H50Cl4N8OS4. The zero-order chi connectivity index (χ0) is 72.8. The summed E-state index contributed by atoms with van der Waals surface area (Å²) in [5, 5.41) is 20.1. The van der Waals surface area contributed by atoms with E-state index in [1.807, 2.05) is 115 Å². The third kappa shape index (κ3) is 12.2. The van der Waals surface area contributed by atoms with Crippen molar-refractivity contribution in [1.29, 1.82) is 0 Å². The van der Waals surface area contributed by atoms with Crippen molar-refractivity contribution in [1.82, 2.24) is 39.9 Å². The molecule has 0 saturated heterocycles. The molecule has 0 atom stereocenters. The van der Waals surface area contributed by atoms with Crippen molar-refractivity contribution in [3.8, 4) is 56.7 Å². The lowest BCUT2D eigenvalue weighted by Crippen LogP contribution is -1.90. The molecule has 23 rings (SSSR count). The number of fused-ring (bicyclic) bond motifs is 22. The molecule has 23 aromatic rings. The van der Waals surface area contributed by atoms with Crippen LogP contribution in [0.15, 0.2) is 308 Å². The van der Waals surface area contributed by atoms with Crippen LogP contribution >= 0.6 is 91.8 Å². The standard InChI is InChI=1S/C30H15ClN2OS.C26H15ClN2S.C20H11ClN2S.C16H9ClN2S/c31-29-28-27(26-20-8-4-2-6-17(20)11-14-24(26)35-28)32-30(33-29)18-10-12-22-21(15-18)25-19-7-3-1-5-16(19)9-13-23(25)34-22;27-25-24-23(21-8-4-5-9-22(21)30-24)28-26(29-25)20-13-12-18-14-17(10-11-19(18)15-20)16-6-2-1-3-7-16;21-18-17-16-14-9-5-4-6-12(14)10-11-15(16)24-20(17)23-19(22-18)13-7-2-1-3-8-13;17-14-13-11-8-4-5-9-12(11)20-16(13)19-15(18-14)10-6-2-1-3-7-10/h1-15H;1-15H;1-11H;1-9H. The summed E-state index contributed by atoms with van der Waals surface area (Å²) in [6.07, 6.45) is 0. The van der Waals surface area contributed by atoms with Crippen molar-refractivity contribution in [3.05, 3.63) is 324 Å². The highest BCUT2D eigenvalue weighted by Crippen LogP contribution is 2.46. The number of hydrogen-bond donors (Lipinski definition) is 0. The number of thiophene rings is 4. The monoisotopic (exact) mass is 1550 g/mol. The minimum Gasteiger partial charge on any atom is -0.456 e. The summed E-state index contributed by atoms with van der Waals surface area (Å²) in [6.45, 7) is 0. The van der Waals surface area contributed by atoms with Crippen LogP contribution in [0, 0.1) is 0 Å². The molecule has 0 radical (unpaired) electrons. The van der Waals surface area contributed by atoms with Gasteiger partial charge in [-0.05, 0) is 115 Å². The molecule has 0 amide bonds. The molecule has 0 bridgehead atoms. The third-order valence-corrected chi connectivity index (χ3v) is 25.4. The van der Waals surface area contributed by atoms with Crippen molar-refractivity contribution in [2.45, 2.75) is 0 Å². The fraction of sp³-hybridized carbons (Fsp3) is 0. The fourth-order valence-electron chi connectivity index (χ4n) is 14.5. The average Bonchev–Trinajstić information content (AvgIpc) is 1.62. The van der Waals surface area contributed by atoms with Gasteiger partial charge in [-0.1, -0.05) is 289 Å². The number of hydrogen-bond acceptors (Lipinski definition) is 13. The number of aromatic nitrogens is 8. The van der Waals surface area contributed by atoms with Gasteiger partial charge in [-0.3, -0.25) is 0 Å². The average molecular weight is 1550 g/mol. The van der Waals surface area contributed by atoms with Crippen LogP contribution in [-0.4, -0.2) is 39.9 Å². The van der Waals surface area contributed by atoms with Crippen LogP contribution in [0.25, 0.3) is 203 Å². The molecule has 0 aliphatic carbocycles. The minimum absolute atomic E-state index is 0.484. The first-order valence-electron chi connectivity index (χ1n) is 34.9. The molecule has 0 aliphatic rings. The third-order valence-electron chi connectivity index (χ3n) is 19.6. The predicted octanol–water partition coefficient (Wildman–Crippen LogP) is 28.8. The molecule has 0 fully saturated rings. The van der Waals surface area contributed by atoms with Gasteiger partial charge in [0, 0.05) is 73.4 Å². The fourth-order valence-corrected chi connectivity index (χ4v) is 19.9. The van der Waals surface area contributed by atoms with Crippen LogP contribution in [0.4, 0.5) is 0 Å². The van der Waals surface area contributed by atoms with Crippen LogP contribution < -0.4 is 0 Å². The van der Waals surface area contributed by atoms with Crippen molar-refractivity contribution < 1.29 is 4.42 Å². The van der Waals surface area contributed by atoms with Gasteiger partial charge in [0.25, 0.3) is 0 Å². The molecule has 17 heteroatoms. The SMILES string of the molecule is Clc1nc(-c2ccc3cc(-c4ccccc4)ccc3c2)nc2c1sc1ccccc12.Clc1nc(-c2ccc3oc4ccc5ccccc5c4c3c2)nc2c1sc1ccc3ccccc3c12.Clc1nc(-c2ccccc2)nc2sc3ccc4ccccc4c3c12.Clc1nc(-c2ccccc2)nc2sc3ccccc3c12. The second kappa shape index (κ2) is 27.8. The zero-order valence-electron chi connectivity index (χ0n) is 57.0.